The van der Waals surface area contributed by atoms with Crippen LogP contribution in [0.2, 0.25) is 0 Å². The van der Waals surface area contributed by atoms with Gasteiger partial charge in [-0.05, 0) is 69.3 Å². The predicted octanol–water partition coefficient (Wildman–Crippen LogP) is 2.35. The summed E-state index contributed by atoms with van der Waals surface area (Å²) in [5.41, 5.74) is 6.11. The van der Waals surface area contributed by atoms with Gasteiger partial charge in [-0.1, -0.05) is 0 Å². The Kier molecular flexibility index (Phi) is 6.45. The number of anilines is 1. The molecule has 0 bridgehead atoms. The molecule has 146 valence electrons. The summed E-state index contributed by atoms with van der Waals surface area (Å²) in [7, 11) is -3.73. The maximum Gasteiger partial charge on any atom is 0.261 e. The van der Waals surface area contributed by atoms with E-state index in [9.17, 15) is 13.2 Å². The number of nitrogens with one attached hydrogen (secondary N) is 2. The van der Waals surface area contributed by atoms with E-state index in [0.717, 1.165) is 0 Å². The lowest BCUT2D eigenvalue weighted by molar-refractivity contribution is 0.0946. The molecule has 0 aliphatic carbocycles. The summed E-state index contributed by atoms with van der Waals surface area (Å²) in [5.74, 6) is 0.335. The van der Waals surface area contributed by atoms with Gasteiger partial charge in [0.25, 0.3) is 15.9 Å². The van der Waals surface area contributed by atoms with Crippen molar-refractivity contribution in [2.75, 3.05) is 17.9 Å². The van der Waals surface area contributed by atoms with Gasteiger partial charge in [-0.15, -0.1) is 0 Å². The topological polar surface area (TPSA) is 111 Å². The molecule has 4 N–H and O–H groups in total. The highest BCUT2D eigenvalue weighted by atomic mass is 32.2. The third-order valence-corrected chi connectivity index (χ3v) is 4.95. The maximum atomic E-state index is 12.5. The lowest BCUT2D eigenvalue weighted by Gasteiger charge is -2.18. The molecule has 8 heteroatoms. The standard InChI is InChI=1S/C19H25N3O4S/c1-4-26-16-9-11-17(12-10-16)27(24,25)22-15-7-5-14(6-8-15)18(23)21-13-19(2,3)20/h5-12,22H,4,13,20H2,1-3H3,(H,21,23). The van der Waals surface area contributed by atoms with Crippen molar-refractivity contribution in [2.45, 2.75) is 31.2 Å². The fraction of sp³-hybridized carbons (Fsp3) is 0.316. The minimum absolute atomic E-state index is 0.123. The summed E-state index contributed by atoms with van der Waals surface area (Å²) >= 11 is 0. The van der Waals surface area contributed by atoms with Gasteiger partial charge in [-0.3, -0.25) is 9.52 Å². The Morgan fingerprint density at radius 2 is 1.67 bits per heavy atom. The molecule has 1 amide bonds. The minimum Gasteiger partial charge on any atom is -0.494 e. The highest BCUT2D eigenvalue weighted by Gasteiger charge is 2.16. The predicted molar refractivity (Wildman–Crippen MR) is 105 cm³/mol. The third kappa shape index (κ3) is 6.26. The summed E-state index contributed by atoms with van der Waals surface area (Å²) in [4.78, 5) is 12.2. The maximum absolute atomic E-state index is 12.5. The Hall–Kier alpha value is -2.58. The van der Waals surface area contributed by atoms with Crippen LogP contribution in [0.5, 0.6) is 5.75 Å². The number of benzene rings is 2. The molecular formula is C19H25N3O4S. The van der Waals surface area contributed by atoms with Gasteiger partial charge in [-0.25, -0.2) is 8.42 Å². The van der Waals surface area contributed by atoms with Crippen LogP contribution in [0.1, 0.15) is 31.1 Å². The average molecular weight is 391 g/mol. The summed E-state index contributed by atoms with van der Waals surface area (Å²) < 4.78 is 32.7. The van der Waals surface area contributed by atoms with E-state index in [1.54, 1.807) is 24.3 Å². The first-order chi connectivity index (χ1) is 12.6. The second-order valence-electron chi connectivity index (χ2n) is 6.76. The lowest BCUT2D eigenvalue weighted by Crippen LogP contribution is -2.45. The van der Waals surface area contributed by atoms with Crippen LogP contribution in [0.4, 0.5) is 5.69 Å². The van der Waals surface area contributed by atoms with Crippen molar-refractivity contribution >= 4 is 21.6 Å². The first-order valence-corrected chi connectivity index (χ1v) is 10.0. The van der Waals surface area contributed by atoms with Crippen molar-refractivity contribution in [1.29, 1.82) is 0 Å². The molecule has 0 aromatic heterocycles. The molecule has 2 rings (SSSR count). The van der Waals surface area contributed by atoms with Crippen LogP contribution < -0.4 is 20.5 Å². The van der Waals surface area contributed by atoms with Gasteiger partial charge in [-0.2, -0.15) is 0 Å². The summed E-state index contributed by atoms with van der Waals surface area (Å²) in [5, 5.41) is 2.73. The van der Waals surface area contributed by atoms with Crippen molar-refractivity contribution in [3.05, 3.63) is 54.1 Å². The molecule has 2 aromatic carbocycles. The first kappa shape index (κ1) is 20.7. The van der Waals surface area contributed by atoms with Crippen LogP contribution in [0.25, 0.3) is 0 Å². The zero-order chi connectivity index (χ0) is 20.1. The molecule has 0 aliphatic rings. The number of hydrogen-bond donors (Lipinski definition) is 3. The van der Waals surface area contributed by atoms with E-state index < -0.39 is 15.6 Å². The van der Waals surface area contributed by atoms with Crippen LogP contribution in [0.15, 0.2) is 53.4 Å². The molecule has 0 aliphatic heterocycles. The molecule has 0 saturated heterocycles. The molecule has 7 nitrogen and oxygen atoms in total. The fourth-order valence-electron chi connectivity index (χ4n) is 2.20. The van der Waals surface area contributed by atoms with Crippen LogP contribution in [0.3, 0.4) is 0 Å². The largest absolute Gasteiger partial charge is 0.494 e. The van der Waals surface area contributed by atoms with E-state index in [-0.39, 0.29) is 10.8 Å². The average Bonchev–Trinajstić information content (AvgIpc) is 2.60. The van der Waals surface area contributed by atoms with Crippen molar-refractivity contribution in [1.82, 2.24) is 5.32 Å². The molecule has 0 unspecified atom stereocenters. The first-order valence-electron chi connectivity index (χ1n) is 8.53. The number of nitrogens with two attached hydrogens (primary N) is 1. The van der Waals surface area contributed by atoms with E-state index in [4.69, 9.17) is 10.5 Å². The third-order valence-electron chi connectivity index (χ3n) is 3.55. The zero-order valence-corrected chi connectivity index (χ0v) is 16.5. The number of amides is 1. The number of carbonyl (C=O) groups excluding carboxylic acids is 1. The molecule has 27 heavy (non-hydrogen) atoms. The monoisotopic (exact) mass is 391 g/mol. The summed E-state index contributed by atoms with van der Waals surface area (Å²) in [6, 6.07) is 12.3. The van der Waals surface area contributed by atoms with E-state index in [2.05, 4.69) is 10.0 Å². The van der Waals surface area contributed by atoms with Gasteiger partial charge < -0.3 is 15.8 Å². The van der Waals surface area contributed by atoms with Crippen molar-refractivity contribution < 1.29 is 17.9 Å². The highest BCUT2D eigenvalue weighted by molar-refractivity contribution is 7.92. The van der Waals surface area contributed by atoms with Gasteiger partial charge in [0, 0.05) is 23.3 Å². The Balaban J connectivity index is 2.05. The van der Waals surface area contributed by atoms with E-state index >= 15 is 0 Å². The van der Waals surface area contributed by atoms with Gasteiger partial charge in [0.2, 0.25) is 0 Å². The van der Waals surface area contributed by atoms with Gasteiger partial charge in [0.05, 0.1) is 11.5 Å². The molecule has 0 atom stereocenters. The minimum atomic E-state index is -3.73. The number of rotatable bonds is 8. The smallest absolute Gasteiger partial charge is 0.261 e. The molecule has 0 heterocycles. The second kappa shape index (κ2) is 8.41. The Bertz CT molecular complexity index is 871. The number of sulfonamides is 1. The van der Waals surface area contributed by atoms with Crippen LogP contribution in [-0.2, 0) is 10.0 Å². The fourth-order valence-corrected chi connectivity index (χ4v) is 3.25. The summed E-state index contributed by atoms with van der Waals surface area (Å²) in [6.45, 7) is 6.32. The molecule has 0 spiro atoms. The molecular weight excluding hydrogens is 366 g/mol. The SMILES string of the molecule is CCOc1ccc(S(=O)(=O)Nc2ccc(C(=O)NCC(C)(C)N)cc2)cc1. The van der Waals surface area contributed by atoms with Crippen molar-refractivity contribution in [2.24, 2.45) is 5.73 Å². The molecule has 0 fully saturated rings. The molecule has 2 aromatic rings. The van der Waals surface area contributed by atoms with Gasteiger partial charge in [0.15, 0.2) is 0 Å². The highest BCUT2D eigenvalue weighted by Crippen LogP contribution is 2.19. The van der Waals surface area contributed by atoms with Gasteiger partial charge >= 0.3 is 0 Å². The number of hydrogen-bond acceptors (Lipinski definition) is 5. The molecule has 0 radical (unpaired) electrons. The number of carbonyl (C=O) groups is 1. The Labute approximate surface area is 160 Å². The van der Waals surface area contributed by atoms with Crippen LogP contribution in [-0.4, -0.2) is 33.0 Å². The summed E-state index contributed by atoms with van der Waals surface area (Å²) in [6.07, 6.45) is 0. The quantitative estimate of drug-likeness (QED) is 0.640. The Morgan fingerprint density at radius 3 is 2.19 bits per heavy atom. The van der Waals surface area contributed by atoms with Crippen molar-refractivity contribution in [3.8, 4) is 5.75 Å². The zero-order valence-electron chi connectivity index (χ0n) is 15.7. The van der Waals surface area contributed by atoms with Gasteiger partial charge in [0.1, 0.15) is 5.75 Å². The second-order valence-corrected chi connectivity index (χ2v) is 8.44. The van der Waals surface area contributed by atoms with Crippen LogP contribution >= 0.6 is 0 Å². The van der Waals surface area contributed by atoms with Crippen LogP contribution in [0, 0.1) is 0 Å². The number of ether oxygens (including phenoxy) is 1. The van der Waals surface area contributed by atoms with E-state index in [0.29, 0.717) is 30.2 Å². The normalized spacial score (nSPS) is 11.7. The van der Waals surface area contributed by atoms with E-state index in [1.165, 1.54) is 24.3 Å². The molecule has 0 saturated carbocycles. The van der Waals surface area contributed by atoms with Crippen molar-refractivity contribution in [3.63, 3.8) is 0 Å². The lowest BCUT2D eigenvalue weighted by atomic mass is 10.1. The Morgan fingerprint density at radius 1 is 1.07 bits per heavy atom. The van der Waals surface area contributed by atoms with E-state index in [1.807, 2.05) is 20.8 Å².